The summed E-state index contributed by atoms with van der Waals surface area (Å²) in [4.78, 5) is 34.0. The Morgan fingerprint density at radius 1 is 1.28 bits per heavy atom. The second-order valence-electron chi connectivity index (χ2n) is 6.75. The standard InChI is InChI=1S/C17H19N7O5/c1-23-13-12(15(28)20-17(23)29)24(6-8(26)7-25)16(19-13)22-21-11-9-4-2-3-5-10(9)18-14(11)27/h2-5,8,12-13,18,25-27H,6-7H2,1H3,(H,20,28,29). The molecule has 5 N–H and O–H groups in total. The van der Waals surface area contributed by atoms with Crippen LogP contribution in [0.1, 0.15) is 0 Å². The first-order valence-electron chi connectivity index (χ1n) is 8.83. The summed E-state index contributed by atoms with van der Waals surface area (Å²) in [6.45, 7) is -0.678. The second-order valence-corrected chi connectivity index (χ2v) is 6.75. The predicted molar refractivity (Wildman–Crippen MR) is 101 cm³/mol. The summed E-state index contributed by atoms with van der Waals surface area (Å²) in [5.41, 5.74) is 0.855. The number of amides is 3. The van der Waals surface area contributed by atoms with Gasteiger partial charge in [-0.15, -0.1) is 10.2 Å². The molecule has 3 heterocycles. The van der Waals surface area contributed by atoms with E-state index in [0.29, 0.717) is 10.9 Å². The Bertz CT molecular complexity index is 1030. The number of aromatic amines is 1. The number of guanidine groups is 1. The number of fused-ring (bicyclic) bond motifs is 2. The average molecular weight is 401 g/mol. The molecule has 3 atom stereocenters. The summed E-state index contributed by atoms with van der Waals surface area (Å²) < 4.78 is 0. The molecular formula is C17H19N7O5. The fourth-order valence-corrected chi connectivity index (χ4v) is 3.38. The van der Waals surface area contributed by atoms with Crippen molar-refractivity contribution < 1.29 is 24.9 Å². The van der Waals surface area contributed by atoms with Crippen molar-refractivity contribution in [2.45, 2.75) is 18.3 Å². The molecule has 152 valence electrons. The number of para-hydroxylation sites is 1. The molecule has 1 saturated heterocycles. The minimum Gasteiger partial charge on any atom is -0.493 e. The summed E-state index contributed by atoms with van der Waals surface area (Å²) >= 11 is 0. The van der Waals surface area contributed by atoms with Crippen molar-refractivity contribution in [3.8, 4) is 5.88 Å². The number of azo groups is 1. The largest absolute Gasteiger partial charge is 0.493 e. The first kappa shape index (κ1) is 18.8. The van der Waals surface area contributed by atoms with Crippen LogP contribution in [0.5, 0.6) is 5.88 Å². The zero-order valence-electron chi connectivity index (χ0n) is 15.3. The molecule has 3 amide bonds. The fourth-order valence-electron chi connectivity index (χ4n) is 3.38. The third kappa shape index (κ3) is 3.17. The molecule has 2 aliphatic rings. The van der Waals surface area contributed by atoms with E-state index in [4.69, 9.17) is 0 Å². The lowest BCUT2D eigenvalue weighted by Gasteiger charge is -2.36. The van der Waals surface area contributed by atoms with E-state index >= 15 is 0 Å². The van der Waals surface area contributed by atoms with Crippen molar-refractivity contribution in [3.05, 3.63) is 24.3 Å². The van der Waals surface area contributed by atoms with Gasteiger partial charge in [0.15, 0.2) is 17.9 Å². The number of rotatable bonds is 4. The third-order valence-electron chi connectivity index (χ3n) is 4.86. The molecule has 0 aliphatic carbocycles. The maximum absolute atomic E-state index is 12.4. The van der Waals surface area contributed by atoms with E-state index in [-0.39, 0.29) is 24.1 Å². The molecule has 29 heavy (non-hydrogen) atoms. The van der Waals surface area contributed by atoms with Crippen LogP contribution in [0.4, 0.5) is 10.5 Å². The minimum atomic E-state index is -1.16. The Morgan fingerprint density at radius 3 is 2.79 bits per heavy atom. The van der Waals surface area contributed by atoms with Crippen LogP contribution in [0.2, 0.25) is 0 Å². The van der Waals surface area contributed by atoms with E-state index in [0.717, 1.165) is 0 Å². The van der Waals surface area contributed by atoms with Crippen LogP contribution in [0, 0.1) is 0 Å². The topological polar surface area (TPSA) is 166 Å². The van der Waals surface area contributed by atoms with Gasteiger partial charge in [0, 0.05) is 12.4 Å². The molecule has 1 aromatic heterocycles. The smallest absolute Gasteiger partial charge is 0.325 e. The number of aromatic hydroxyl groups is 1. The zero-order valence-corrected chi connectivity index (χ0v) is 15.3. The summed E-state index contributed by atoms with van der Waals surface area (Å²) in [5, 5.41) is 40.2. The number of aliphatic hydroxyl groups excluding tert-OH is 2. The number of carbonyl (C=O) groups excluding carboxylic acids is 2. The number of aromatic nitrogens is 1. The SMILES string of the molecule is CN1C(=O)NC(=O)C2C1N=C(N=Nc1c(O)[nH]c3ccccc13)N2CC(O)CO. The van der Waals surface area contributed by atoms with Crippen molar-refractivity contribution in [1.29, 1.82) is 0 Å². The van der Waals surface area contributed by atoms with Gasteiger partial charge in [-0.3, -0.25) is 10.1 Å². The maximum Gasteiger partial charge on any atom is 0.325 e. The van der Waals surface area contributed by atoms with Crippen LogP contribution < -0.4 is 5.32 Å². The predicted octanol–water partition coefficient (Wildman–Crippen LogP) is -0.142. The number of nitrogens with one attached hydrogen (secondary N) is 2. The lowest BCUT2D eigenvalue weighted by molar-refractivity contribution is -0.127. The fraction of sp³-hybridized carbons (Fsp3) is 0.353. The summed E-state index contributed by atoms with van der Waals surface area (Å²) in [5.74, 6) is -0.779. The van der Waals surface area contributed by atoms with Gasteiger partial charge in [-0.05, 0) is 6.07 Å². The van der Waals surface area contributed by atoms with Crippen molar-refractivity contribution in [2.75, 3.05) is 20.2 Å². The number of H-pyrrole nitrogens is 1. The van der Waals surface area contributed by atoms with E-state index in [2.05, 4.69) is 25.5 Å². The van der Waals surface area contributed by atoms with Gasteiger partial charge in [-0.1, -0.05) is 18.2 Å². The number of likely N-dealkylation sites (N-methyl/N-ethyl adjacent to an activating group) is 1. The van der Waals surface area contributed by atoms with E-state index in [1.807, 2.05) is 0 Å². The first-order chi connectivity index (χ1) is 13.9. The highest BCUT2D eigenvalue weighted by Crippen LogP contribution is 2.35. The van der Waals surface area contributed by atoms with E-state index in [9.17, 15) is 24.9 Å². The number of hydrogen-bond donors (Lipinski definition) is 5. The molecule has 12 nitrogen and oxygen atoms in total. The molecule has 1 aromatic carbocycles. The van der Waals surface area contributed by atoms with Crippen LogP contribution in [0.25, 0.3) is 10.9 Å². The second kappa shape index (κ2) is 7.14. The van der Waals surface area contributed by atoms with Gasteiger partial charge in [0.2, 0.25) is 11.8 Å². The maximum atomic E-state index is 12.4. The van der Waals surface area contributed by atoms with Crippen molar-refractivity contribution in [3.63, 3.8) is 0 Å². The highest BCUT2D eigenvalue weighted by Gasteiger charge is 2.49. The highest BCUT2D eigenvalue weighted by atomic mass is 16.3. The monoisotopic (exact) mass is 401 g/mol. The Hall–Kier alpha value is -3.51. The van der Waals surface area contributed by atoms with Crippen LogP contribution in [0.15, 0.2) is 39.5 Å². The molecule has 0 radical (unpaired) electrons. The van der Waals surface area contributed by atoms with Crippen molar-refractivity contribution in [1.82, 2.24) is 20.1 Å². The summed E-state index contributed by atoms with van der Waals surface area (Å²) in [7, 11) is 1.48. The third-order valence-corrected chi connectivity index (χ3v) is 4.86. The number of hydrogen-bond acceptors (Lipinski definition) is 9. The molecule has 0 saturated carbocycles. The Morgan fingerprint density at radius 2 is 2.03 bits per heavy atom. The van der Waals surface area contributed by atoms with Crippen LogP contribution in [0.3, 0.4) is 0 Å². The van der Waals surface area contributed by atoms with Gasteiger partial charge in [0.25, 0.3) is 5.91 Å². The van der Waals surface area contributed by atoms with E-state index in [1.54, 1.807) is 24.3 Å². The molecule has 3 unspecified atom stereocenters. The van der Waals surface area contributed by atoms with Gasteiger partial charge < -0.3 is 30.1 Å². The van der Waals surface area contributed by atoms with E-state index < -0.39 is 36.9 Å². The van der Waals surface area contributed by atoms with Crippen LogP contribution in [-0.4, -0.2) is 86.5 Å². The first-order valence-corrected chi connectivity index (χ1v) is 8.83. The van der Waals surface area contributed by atoms with Crippen LogP contribution >= 0.6 is 0 Å². The van der Waals surface area contributed by atoms with Gasteiger partial charge >= 0.3 is 6.03 Å². The van der Waals surface area contributed by atoms with Gasteiger partial charge in [-0.2, -0.15) is 0 Å². The zero-order chi connectivity index (χ0) is 20.7. The molecule has 12 heteroatoms. The number of aliphatic hydroxyl groups is 2. The average Bonchev–Trinajstić information content (AvgIpc) is 3.21. The number of aliphatic imine (C=N–C) groups is 1. The number of nitrogens with zero attached hydrogens (tertiary/aromatic N) is 5. The normalized spacial score (nSPS) is 22.9. The number of imide groups is 1. The lowest BCUT2D eigenvalue weighted by atomic mass is 10.1. The Labute approximate surface area is 164 Å². The lowest BCUT2D eigenvalue weighted by Crippen LogP contribution is -2.64. The van der Waals surface area contributed by atoms with Gasteiger partial charge in [0.1, 0.15) is 0 Å². The quantitative estimate of drug-likeness (QED) is 0.447. The molecule has 0 spiro atoms. The number of benzene rings is 1. The van der Waals surface area contributed by atoms with Gasteiger partial charge in [-0.25, -0.2) is 9.79 Å². The van der Waals surface area contributed by atoms with Crippen molar-refractivity contribution in [2.24, 2.45) is 15.2 Å². The number of β-amino-alcohol motifs (C(OH)–C–C–N with tert-alkyl or cyclic N) is 1. The van der Waals surface area contributed by atoms with Crippen LogP contribution in [-0.2, 0) is 4.79 Å². The molecule has 2 aromatic rings. The summed E-state index contributed by atoms with van der Waals surface area (Å²) in [6.07, 6.45) is -2.01. The highest BCUT2D eigenvalue weighted by molar-refractivity contribution is 6.04. The molecular weight excluding hydrogens is 382 g/mol. The molecule has 2 aliphatic heterocycles. The Balaban J connectivity index is 1.71. The number of urea groups is 1. The number of carbonyl (C=O) groups is 2. The van der Waals surface area contributed by atoms with Crippen molar-refractivity contribution >= 4 is 34.5 Å². The minimum absolute atomic E-state index is 0.00567. The summed E-state index contributed by atoms with van der Waals surface area (Å²) in [6, 6.07) is 5.58. The van der Waals surface area contributed by atoms with Gasteiger partial charge in [0.05, 0.1) is 24.8 Å². The molecule has 0 bridgehead atoms. The molecule has 1 fully saturated rings. The Kier molecular flexibility index (Phi) is 4.64. The molecule has 4 rings (SSSR count). The van der Waals surface area contributed by atoms with E-state index in [1.165, 1.54) is 16.8 Å².